The monoisotopic (exact) mass is 358 g/mol. The van der Waals surface area contributed by atoms with Crippen molar-refractivity contribution in [2.45, 2.75) is 13.3 Å². The Morgan fingerprint density at radius 2 is 2.19 bits per heavy atom. The lowest BCUT2D eigenvalue weighted by Crippen LogP contribution is -2.17. The van der Waals surface area contributed by atoms with E-state index in [1.165, 1.54) is 12.5 Å². The first kappa shape index (κ1) is 16.8. The van der Waals surface area contributed by atoms with E-state index in [1.807, 2.05) is 37.3 Å². The van der Waals surface area contributed by atoms with Crippen molar-refractivity contribution >= 4 is 28.2 Å². The second-order valence-corrected chi connectivity index (χ2v) is 6.38. The summed E-state index contributed by atoms with van der Waals surface area (Å²) >= 11 is 0. The van der Waals surface area contributed by atoms with Crippen LogP contribution in [-0.2, 0) is 6.42 Å². The van der Waals surface area contributed by atoms with Crippen LogP contribution in [-0.4, -0.2) is 26.0 Å². The van der Waals surface area contributed by atoms with Crippen LogP contribution in [0.5, 0.6) is 5.75 Å². The number of para-hydroxylation sites is 1. The third-order valence-corrected chi connectivity index (χ3v) is 4.48. The van der Waals surface area contributed by atoms with Gasteiger partial charge in [0.25, 0.3) is 5.56 Å². The van der Waals surface area contributed by atoms with Gasteiger partial charge in [-0.1, -0.05) is 29.8 Å². The number of aromatic hydroxyl groups is 1. The van der Waals surface area contributed by atoms with E-state index in [0.717, 1.165) is 26.7 Å². The molecule has 0 bridgehead atoms. The summed E-state index contributed by atoms with van der Waals surface area (Å²) in [6.07, 6.45) is 5.11. The van der Waals surface area contributed by atoms with Crippen molar-refractivity contribution in [1.82, 2.24) is 14.6 Å². The fourth-order valence-electron chi connectivity index (χ4n) is 3.10. The maximum Gasteiger partial charge on any atom is 0.298 e. The van der Waals surface area contributed by atoms with Crippen molar-refractivity contribution in [2.24, 2.45) is 5.10 Å². The van der Waals surface area contributed by atoms with Gasteiger partial charge < -0.3 is 10.1 Å². The molecule has 6 heteroatoms. The molecule has 2 aromatic carbocycles. The molecule has 0 radical (unpaired) electrons. The lowest BCUT2D eigenvalue weighted by Gasteiger charge is -2.04. The van der Waals surface area contributed by atoms with Gasteiger partial charge in [-0.05, 0) is 37.1 Å². The number of aromatic amines is 1. The second kappa shape index (κ2) is 6.57. The number of allylic oxidation sites excluding steroid dienone is 1. The second-order valence-electron chi connectivity index (χ2n) is 6.38. The highest BCUT2D eigenvalue weighted by atomic mass is 16.3. The Morgan fingerprint density at radius 1 is 1.33 bits per heavy atom. The highest BCUT2D eigenvalue weighted by Crippen LogP contribution is 2.23. The molecule has 27 heavy (non-hydrogen) atoms. The summed E-state index contributed by atoms with van der Waals surface area (Å²) in [5, 5.41) is 15.4. The van der Waals surface area contributed by atoms with Crippen LogP contribution in [0.4, 0.5) is 0 Å². The molecule has 0 aliphatic carbocycles. The summed E-state index contributed by atoms with van der Waals surface area (Å²) in [5.41, 5.74) is 3.96. The first-order valence-electron chi connectivity index (χ1n) is 8.54. The Morgan fingerprint density at radius 3 is 3.00 bits per heavy atom. The third kappa shape index (κ3) is 2.91. The van der Waals surface area contributed by atoms with Gasteiger partial charge in [0.15, 0.2) is 0 Å². The van der Waals surface area contributed by atoms with E-state index in [2.05, 4.69) is 21.6 Å². The fourth-order valence-corrected chi connectivity index (χ4v) is 3.10. The number of phenolic OH excluding ortho intramolecular Hbond substituents is 1. The van der Waals surface area contributed by atoms with Crippen LogP contribution in [0.3, 0.4) is 0 Å². The maximum absolute atomic E-state index is 12.8. The molecule has 134 valence electrons. The molecule has 6 nitrogen and oxygen atoms in total. The Kier molecular flexibility index (Phi) is 4.08. The molecule has 2 aromatic heterocycles. The SMILES string of the molecule is C=CCc1cccc(C=Nn2cnc3c([nH]c4ccc(C)cc43)c2=O)c1O. The van der Waals surface area contributed by atoms with Gasteiger partial charge in [-0.15, -0.1) is 6.58 Å². The Balaban J connectivity index is 1.79. The summed E-state index contributed by atoms with van der Waals surface area (Å²) in [5.74, 6) is 0.129. The first-order valence-corrected chi connectivity index (χ1v) is 8.54. The van der Waals surface area contributed by atoms with Crippen LogP contribution in [0.15, 0.2) is 65.3 Å². The van der Waals surface area contributed by atoms with E-state index in [4.69, 9.17) is 0 Å². The van der Waals surface area contributed by atoms with Crippen molar-refractivity contribution in [3.63, 3.8) is 0 Å². The molecule has 4 aromatic rings. The van der Waals surface area contributed by atoms with Crippen LogP contribution in [0.2, 0.25) is 0 Å². The molecule has 4 rings (SSSR count). The average Bonchev–Trinajstić information content (AvgIpc) is 3.03. The highest BCUT2D eigenvalue weighted by Gasteiger charge is 2.11. The molecule has 0 spiro atoms. The van der Waals surface area contributed by atoms with Crippen molar-refractivity contribution in [1.29, 1.82) is 0 Å². The van der Waals surface area contributed by atoms with Crippen molar-refractivity contribution in [3.8, 4) is 5.75 Å². The van der Waals surface area contributed by atoms with Gasteiger partial charge >= 0.3 is 0 Å². The Labute approximate surface area is 155 Å². The smallest absolute Gasteiger partial charge is 0.298 e. The zero-order valence-corrected chi connectivity index (χ0v) is 14.8. The van der Waals surface area contributed by atoms with Gasteiger partial charge in [-0.25, -0.2) is 4.98 Å². The van der Waals surface area contributed by atoms with Gasteiger partial charge in [0, 0.05) is 16.5 Å². The summed E-state index contributed by atoms with van der Waals surface area (Å²) in [4.78, 5) is 20.3. The van der Waals surface area contributed by atoms with E-state index in [0.29, 0.717) is 23.0 Å². The predicted octanol–water partition coefficient (Wildman–Crippen LogP) is 3.50. The number of aromatic nitrogens is 3. The van der Waals surface area contributed by atoms with Gasteiger partial charge in [0.05, 0.1) is 6.21 Å². The average molecular weight is 358 g/mol. The van der Waals surface area contributed by atoms with E-state index >= 15 is 0 Å². The third-order valence-electron chi connectivity index (χ3n) is 4.48. The molecular formula is C21H18N4O2. The normalized spacial score (nSPS) is 11.6. The molecule has 0 unspecified atom stereocenters. The molecule has 0 saturated heterocycles. The summed E-state index contributed by atoms with van der Waals surface area (Å²) in [6.45, 7) is 5.68. The van der Waals surface area contributed by atoms with Crippen LogP contribution < -0.4 is 5.56 Å². The van der Waals surface area contributed by atoms with Crippen molar-refractivity contribution < 1.29 is 5.11 Å². The molecule has 0 amide bonds. The van der Waals surface area contributed by atoms with Crippen LogP contribution in [0.1, 0.15) is 16.7 Å². The molecular weight excluding hydrogens is 340 g/mol. The first-order chi connectivity index (χ1) is 13.1. The van der Waals surface area contributed by atoms with Gasteiger partial charge in [0.1, 0.15) is 23.1 Å². The molecule has 2 N–H and O–H groups in total. The number of phenols is 1. The Bertz CT molecular complexity index is 1260. The molecule has 0 aliphatic rings. The maximum atomic E-state index is 12.8. The van der Waals surface area contributed by atoms with Gasteiger partial charge in [-0.2, -0.15) is 9.78 Å². The molecule has 2 heterocycles. The number of hydrogen-bond acceptors (Lipinski definition) is 4. The largest absolute Gasteiger partial charge is 0.507 e. The zero-order chi connectivity index (χ0) is 19.0. The van der Waals surface area contributed by atoms with Gasteiger partial charge in [-0.3, -0.25) is 4.79 Å². The number of fused-ring (bicyclic) bond motifs is 3. The van der Waals surface area contributed by atoms with Crippen LogP contribution in [0, 0.1) is 6.92 Å². The standard InChI is InChI=1S/C21H18N4O2/c1-3-5-14-6-4-7-15(20(14)26)11-23-25-12-22-18-16-10-13(2)8-9-17(16)24-19(18)21(25)27/h3-4,6-12,24,26H,1,5H2,2H3. The topological polar surface area (TPSA) is 83.3 Å². The number of H-pyrrole nitrogens is 1. The molecule has 0 atom stereocenters. The number of aryl methyl sites for hydroxylation is 1. The molecule has 0 fully saturated rings. The minimum Gasteiger partial charge on any atom is -0.507 e. The number of hydrogen-bond donors (Lipinski definition) is 2. The number of nitrogens with zero attached hydrogens (tertiary/aromatic N) is 3. The van der Waals surface area contributed by atoms with Crippen LogP contribution in [0.25, 0.3) is 21.9 Å². The Hall–Kier alpha value is -3.67. The summed E-state index contributed by atoms with van der Waals surface area (Å²) in [7, 11) is 0. The zero-order valence-electron chi connectivity index (χ0n) is 14.8. The van der Waals surface area contributed by atoms with Gasteiger partial charge in [0.2, 0.25) is 0 Å². The predicted molar refractivity (Wildman–Crippen MR) is 108 cm³/mol. The van der Waals surface area contributed by atoms with E-state index in [-0.39, 0.29) is 11.3 Å². The van der Waals surface area contributed by atoms with E-state index < -0.39 is 0 Å². The van der Waals surface area contributed by atoms with E-state index in [1.54, 1.807) is 12.1 Å². The minimum atomic E-state index is -0.299. The molecule has 0 saturated carbocycles. The number of nitrogens with one attached hydrogen (secondary N) is 1. The van der Waals surface area contributed by atoms with Crippen molar-refractivity contribution in [3.05, 3.63) is 82.4 Å². The lowest BCUT2D eigenvalue weighted by molar-refractivity contribution is 0.469. The lowest BCUT2D eigenvalue weighted by atomic mass is 10.1. The van der Waals surface area contributed by atoms with Crippen LogP contribution >= 0.6 is 0 Å². The fraction of sp³-hybridized carbons (Fsp3) is 0.0952. The minimum absolute atomic E-state index is 0.129. The number of benzene rings is 2. The highest BCUT2D eigenvalue weighted by molar-refractivity contribution is 6.04. The van der Waals surface area contributed by atoms with E-state index in [9.17, 15) is 9.90 Å². The molecule has 0 aliphatic heterocycles. The van der Waals surface area contributed by atoms with Crippen molar-refractivity contribution in [2.75, 3.05) is 0 Å². The quantitative estimate of drug-likeness (QED) is 0.433. The summed E-state index contributed by atoms with van der Waals surface area (Å²) < 4.78 is 1.16. The summed E-state index contributed by atoms with van der Waals surface area (Å²) in [6, 6.07) is 11.3. The number of rotatable bonds is 4.